The standard InChI is InChI=1S/C8H6O4.C4H11NO2/c9-7(10)5-3-1-2-4-6(5)8(11)12;1-3(6)5-4(2)7/h1-4H,(H,9,10)(H,11,12);3-7H,1-2H3. The largest absolute Gasteiger partial charge is 0.478 e. The number of carboxylic acids is 2. The number of carbonyl (C=O) groups is 2. The summed E-state index contributed by atoms with van der Waals surface area (Å²) in [5.74, 6) is -2.46. The van der Waals surface area contributed by atoms with Gasteiger partial charge < -0.3 is 20.4 Å². The van der Waals surface area contributed by atoms with Crippen LogP contribution in [0.3, 0.4) is 0 Å². The van der Waals surface area contributed by atoms with Crippen LogP contribution in [0.4, 0.5) is 0 Å². The van der Waals surface area contributed by atoms with E-state index in [1.54, 1.807) is 13.8 Å². The first-order chi connectivity index (χ1) is 8.75. The molecule has 0 spiro atoms. The van der Waals surface area contributed by atoms with Gasteiger partial charge in [0, 0.05) is 0 Å². The van der Waals surface area contributed by atoms with Crippen molar-refractivity contribution in [1.29, 1.82) is 0 Å². The second kappa shape index (κ2) is 8.20. The van der Waals surface area contributed by atoms with Gasteiger partial charge in [0.05, 0.1) is 11.1 Å². The Bertz CT molecular complexity index is 391. The minimum absolute atomic E-state index is 0.190. The molecule has 106 valence electrons. The van der Waals surface area contributed by atoms with Crippen LogP contribution in [0.15, 0.2) is 24.3 Å². The molecule has 0 aromatic heterocycles. The van der Waals surface area contributed by atoms with E-state index in [0.29, 0.717) is 0 Å². The van der Waals surface area contributed by atoms with E-state index in [2.05, 4.69) is 5.32 Å². The van der Waals surface area contributed by atoms with Crippen LogP contribution in [-0.4, -0.2) is 44.8 Å². The summed E-state index contributed by atoms with van der Waals surface area (Å²) in [6.07, 6.45) is -1.25. The van der Waals surface area contributed by atoms with Crippen LogP contribution in [0, 0.1) is 0 Å². The molecule has 1 aromatic rings. The molecule has 7 nitrogen and oxygen atoms in total. The Labute approximate surface area is 110 Å². The molecule has 0 bridgehead atoms. The highest BCUT2D eigenvalue weighted by molar-refractivity contribution is 6.01. The van der Waals surface area contributed by atoms with Gasteiger partial charge in [0.2, 0.25) is 0 Å². The van der Waals surface area contributed by atoms with Crippen molar-refractivity contribution in [3.63, 3.8) is 0 Å². The van der Waals surface area contributed by atoms with Crippen LogP contribution in [0.25, 0.3) is 0 Å². The third kappa shape index (κ3) is 7.14. The SMILES string of the molecule is CC(O)NC(C)O.O=C(O)c1ccccc1C(=O)O. The topological polar surface area (TPSA) is 127 Å². The molecule has 0 aliphatic heterocycles. The zero-order valence-electron chi connectivity index (χ0n) is 10.6. The number of hydrogen-bond acceptors (Lipinski definition) is 5. The summed E-state index contributed by atoms with van der Waals surface area (Å²) in [5.41, 5.74) is -0.380. The minimum atomic E-state index is -1.23. The second-order valence-corrected chi connectivity index (χ2v) is 3.67. The molecule has 0 aliphatic carbocycles. The van der Waals surface area contributed by atoms with Gasteiger partial charge >= 0.3 is 11.9 Å². The molecule has 0 saturated heterocycles. The molecule has 0 radical (unpaired) electrons. The van der Waals surface area contributed by atoms with Crippen LogP contribution >= 0.6 is 0 Å². The lowest BCUT2D eigenvalue weighted by atomic mass is 10.1. The Morgan fingerprint density at radius 3 is 1.42 bits per heavy atom. The van der Waals surface area contributed by atoms with Gasteiger partial charge in [-0.3, -0.25) is 5.32 Å². The van der Waals surface area contributed by atoms with Crippen molar-refractivity contribution >= 4 is 11.9 Å². The number of hydrogen-bond donors (Lipinski definition) is 5. The fraction of sp³-hybridized carbons (Fsp3) is 0.333. The Hall–Kier alpha value is -1.96. The van der Waals surface area contributed by atoms with Crippen molar-refractivity contribution < 1.29 is 30.0 Å². The van der Waals surface area contributed by atoms with Crippen molar-refractivity contribution in [2.45, 2.75) is 26.3 Å². The quantitative estimate of drug-likeness (QED) is 0.499. The maximum atomic E-state index is 10.5. The molecule has 1 rings (SSSR count). The van der Waals surface area contributed by atoms with E-state index in [9.17, 15) is 9.59 Å². The van der Waals surface area contributed by atoms with Gasteiger partial charge in [0.1, 0.15) is 12.5 Å². The smallest absolute Gasteiger partial charge is 0.336 e. The van der Waals surface area contributed by atoms with Gasteiger partial charge in [-0.15, -0.1) is 0 Å². The van der Waals surface area contributed by atoms with Gasteiger partial charge in [0.25, 0.3) is 0 Å². The first kappa shape index (κ1) is 17.0. The fourth-order valence-corrected chi connectivity index (χ4v) is 1.21. The van der Waals surface area contributed by atoms with Crippen molar-refractivity contribution in [3.05, 3.63) is 35.4 Å². The van der Waals surface area contributed by atoms with E-state index < -0.39 is 24.4 Å². The normalized spacial score (nSPS) is 12.8. The summed E-state index contributed by atoms with van der Waals surface area (Å²) >= 11 is 0. The summed E-state index contributed by atoms with van der Waals surface area (Å²) in [5, 5.41) is 36.4. The minimum Gasteiger partial charge on any atom is -0.478 e. The number of aliphatic hydroxyl groups is 2. The number of carboxylic acid groups (broad SMARTS) is 2. The molecule has 0 heterocycles. The van der Waals surface area contributed by atoms with Gasteiger partial charge in [-0.2, -0.15) is 0 Å². The average molecular weight is 271 g/mol. The van der Waals surface area contributed by atoms with Crippen LogP contribution in [0.5, 0.6) is 0 Å². The Morgan fingerprint density at radius 1 is 0.947 bits per heavy atom. The zero-order valence-corrected chi connectivity index (χ0v) is 10.6. The highest BCUT2D eigenvalue weighted by Crippen LogP contribution is 2.07. The molecule has 2 atom stereocenters. The van der Waals surface area contributed by atoms with Gasteiger partial charge in [-0.1, -0.05) is 12.1 Å². The molecule has 1 aromatic carbocycles. The Kier molecular flexibility index (Phi) is 7.35. The first-order valence-electron chi connectivity index (χ1n) is 5.43. The maximum Gasteiger partial charge on any atom is 0.336 e. The lowest BCUT2D eigenvalue weighted by molar-refractivity contribution is 0.0631. The van der Waals surface area contributed by atoms with Gasteiger partial charge in [-0.05, 0) is 26.0 Å². The van der Waals surface area contributed by atoms with E-state index in [0.717, 1.165) is 0 Å². The van der Waals surface area contributed by atoms with Crippen molar-refractivity contribution in [2.24, 2.45) is 0 Å². The van der Waals surface area contributed by atoms with E-state index in [1.807, 2.05) is 0 Å². The lowest BCUT2D eigenvalue weighted by Gasteiger charge is -2.08. The predicted molar refractivity (Wildman–Crippen MR) is 66.9 cm³/mol. The molecule has 0 fully saturated rings. The third-order valence-corrected chi connectivity index (χ3v) is 1.87. The molecular weight excluding hydrogens is 254 g/mol. The lowest BCUT2D eigenvalue weighted by Crippen LogP contribution is -2.33. The molecule has 0 aliphatic rings. The van der Waals surface area contributed by atoms with Crippen LogP contribution in [0.2, 0.25) is 0 Å². The first-order valence-corrected chi connectivity index (χ1v) is 5.43. The maximum absolute atomic E-state index is 10.5. The van der Waals surface area contributed by atoms with Crippen LogP contribution in [0.1, 0.15) is 34.6 Å². The Balaban J connectivity index is 0.000000399. The average Bonchev–Trinajstić information content (AvgIpc) is 2.27. The van der Waals surface area contributed by atoms with E-state index in [4.69, 9.17) is 20.4 Å². The zero-order chi connectivity index (χ0) is 15.0. The third-order valence-electron chi connectivity index (χ3n) is 1.87. The summed E-state index contributed by atoms with van der Waals surface area (Å²) < 4.78 is 0. The van der Waals surface area contributed by atoms with Crippen LogP contribution in [-0.2, 0) is 0 Å². The van der Waals surface area contributed by atoms with Crippen molar-refractivity contribution in [2.75, 3.05) is 0 Å². The van der Waals surface area contributed by atoms with Gasteiger partial charge in [-0.25, -0.2) is 9.59 Å². The fourth-order valence-electron chi connectivity index (χ4n) is 1.21. The van der Waals surface area contributed by atoms with Gasteiger partial charge in [0.15, 0.2) is 0 Å². The number of benzene rings is 1. The summed E-state index contributed by atoms with van der Waals surface area (Å²) in [6.45, 7) is 3.10. The van der Waals surface area contributed by atoms with E-state index in [-0.39, 0.29) is 11.1 Å². The molecule has 0 saturated carbocycles. The number of aliphatic hydroxyl groups excluding tert-OH is 2. The molecular formula is C12H17NO6. The molecule has 2 unspecified atom stereocenters. The Morgan fingerprint density at radius 2 is 1.26 bits per heavy atom. The molecule has 5 N–H and O–H groups in total. The monoisotopic (exact) mass is 271 g/mol. The summed E-state index contributed by atoms with van der Waals surface area (Å²) in [7, 11) is 0. The van der Waals surface area contributed by atoms with E-state index >= 15 is 0 Å². The van der Waals surface area contributed by atoms with Crippen molar-refractivity contribution in [3.8, 4) is 0 Å². The second-order valence-electron chi connectivity index (χ2n) is 3.67. The van der Waals surface area contributed by atoms with Crippen LogP contribution < -0.4 is 5.32 Å². The number of nitrogens with one attached hydrogen (secondary N) is 1. The summed E-state index contributed by atoms with van der Waals surface area (Å²) in [6, 6.07) is 5.48. The molecule has 7 heteroatoms. The number of aromatic carboxylic acids is 2. The highest BCUT2D eigenvalue weighted by atomic mass is 16.4. The molecule has 19 heavy (non-hydrogen) atoms. The predicted octanol–water partition coefficient (Wildman–Crippen LogP) is 0.336. The highest BCUT2D eigenvalue weighted by Gasteiger charge is 2.13. The molecule has 0 amide bonds. The van der Waals surface area contributed by atoms with Crippen molar-refractivity contribution in [1.82, 2.24) is 5.32 Å². The number of rotatable bonds is 4. The summed E-state index contributed by atoms with van der Waals surface area (Å²) in [4.78, 5) is 20.9. The van der Waals surface area contributed by atoms with E-state index in [1.165, 1.54) is 24.3 Å².